The lowest BCUT2D eigenvalue weighted by Crippen LogP contribution is -2.19. The van der Waals surface area contributed by atoms with E-state index in [4.69, 9.17) is 9.47 Å². The molecule has 17 heavy (non-hydrogen) atoms. The summed E-state index contributed by atoms with van der Waals surface area (Å²) in [5.41, 5.74) is 1.17. The summed E-state index contributed by atoms with van der Waals surface area (Å²) in [6.45, 7) is 1.35. The summed E-state index contributed by atoms with van der Waals surface area (Å²) in [4.78, 5) is 4.31. The van der Waals surface area contributed by atoms with Gasteiger partial charge in [-0.2, -0.15) is 0 Å². The van der Waals surface area contributed by atoms with E-state index in [0.717, 1.165) is 6.42 Å². The molecule has 1 fully saturated rings. The summed E-state index contributed by atoms with van der Waals surface area (Å²) in [6.07, 6.45) is 1.96. The van der Waals surface area contributed by atoms with Crippen molar-refractivity contribution in [3.8, 4) is 0 Å². The quantitative estimate of drug-likeness (QED) is 0.780. The van der Waals surface area contributed by atoms with Gasteiger partial charge in [-0.05, 0) is 18.6 Å². The van der Waals surface area contributed by atoms with E-state index in [2.05, 4.69) is 10.3 Å². The molecule has 1 aliphatic rings. The summed E-state index contributed by atoms with van der Waals surface area (Å²) < 4.78 is 10.9. The molecular weight excluding hydrogens is 220 g/mol. The molecule has 2 rings (SSSR count). The molecule has 0 atom stereocenters. The Kier molecular flexibility index (Phi) is 3.95. The number of ether oxygens (including phenoxy) is 2. The Balaban J connectivity index is 2.18. The fourth-order valence-electron chi connectivity index (χ4n) is 1.59. The highest BCUT2D eigenvalue weighted by Gasteiger charge is 2.18. The van der Waals surface area contributed by atoms with E-state index in [0.29, 0.717) is 24.6 Å². The van der Waals surface area contributed by atoms with Gasteiger partial charge in [0.05, 0.1) is 18.9 Å². The molecule has 5 nitrogen and oxygen atoms in total. The number of aromatic nitrogens is 1. The average molecular weight is 236 g/mol. The largest absolute Gasteiger partial charge is 0.504 e. The third kappa shape index (κ3) is 2.95. The van der Waals surface area contributed by atoms with Gasteiger partial charge in [0.15, 0.2) is 5.76 Å². The van der Waals surface area contributed by atoms with Gasteiger partial charge in [0, 0.05) is 13.2 Å². The molecule has 0 aromatic carbocycles. The number of rotatable bonds is 3. The van der Waals surface area contributed by atoms with Crippen LogP contribution >= 0.6 is 0 Å². The van der Waals surface area contributed by atoms with Crippen molar-refractivity contribution in [1.82, 2.24) is 10.3 Å². The van der Waals surface area contributed by atoms with E-state index in [9.17, 15) is 5.11 Å². The van der Waals surface area contributed by atoms with E-state index in [-0.39, 0.29) is 5.76 Å². The maximum absolute atomic E-state index is 9.70. The van der Waals surface area contributed by atoms with E-state index in [1.165, 1.54) is 6.20 Å². The van der Waals surface area contributed by atoms with Crippen molar-refractivity contribution >= 4 is 5.76 Å². The second-order valence-corrected chi connectivity index (χ2v) is 3.69. The molecule has 0 bridgehead atoms. The number of aliphatic hydroxyl groups is 1. The van der Waals surface area contributed by atoms with E-state index >= 15 is 0 Å². The van der Waals surface area contributed by atoms with Crippen LogP contribution in [0, 0.1) is 0 Å². The van der Waals surface area contributed by atoms with Crippen molar-refractivity contribution in [3.05, 3.63) is 35.8 Å². The Morgan fingerprint density at radius 2 is 2.24 bits per heavy atom. The van der Waals surface area contributed by atoms with Crippen molar-refractivity contribution < 1.29 is 14.6 Å². The van der Waals surface area contributed by atoms with E-state index in [1.54, 1.807) is 13.1 Å². The first-order valence-electron chi connectivity index (χ1n) is 5.58. The summed E-state index contributed by atoms with van der Waals surface area (Å²) >= 11 is 0. The minimum Gasteiger partial charge on any atom is -0.504 e. The lowest BCUT2D eigenvalue weighted by molar-refractivity contribution is -0.185. The molecule has 0 unspecified atom stereocenters. The molecule has 1 saturated heterocycles. The van der Waals surface area contributed by atoms with Crippen LogP contribution in [-0.2, 0) is 9.47 Å². The number of nitrogens with one attached hydrogen (secondary N) is 1. The van der Waals surface area contributed by atoms with Crippen LogP contribution < -0.4 is 5.32 Å². The molecule has 1 aromatic heterocycles. The Morgan fingerprint density at radius 1 is 1.47 bits per heavy atom. The predicted octanol–water partition coefficient (Wildman–Crippen LogP) is 1.59. The highest BCUT2D eigenvalue weighted by atomic mass is 16.7. The third-order valence-corrected chi connectivity index (χ3v) is 2.38. The van der Waals surface area contributed by atoms with Crippen LogP contribution in [-0.4, -0.2) is 30.4 Å². The van der Waals surface area contributed by atoms with Gasteiger partial charge in [-0.1, -0.05) is 6.07 Å². The molecule has 5 heteroatoms. The van der Waals surface area contributed by atoms with Crippen molar-refractivity contribution in [1.29, 1.82) is 0 Å². The van der Waals surface area contributed by atoms with Crippen molar-refractivity contribution in [2.45, 2.75) is 12.7 Å². The maximum Gasteiger partial charge on any atom is 0.201 e. The summed E-state index contributed by atoms with van der Waals surface area (Å²) in [7, 11) is 1.72. The zero-order chi connectivity index (χ0) is 12.1. The summed E-state index contributed by atoms with van der Waals surface area (Å²) in [5.74, 6) is 0.0881. The van der Waals surface area contributed by atoms with Crippen molar-refractivity contribution in [2.24, 2.45) is 0 Å². The monoisotopic (exact) mass is 236 g/mol. The highest BCUT2D eigenvalue weighted by Crippen LogP contribution is 2.22. The lowest BCUT2D eigenvalue weighted by atomic mass is 10.2. The number of hydrogen-bond donors (Lipinski definition) is 2. The molecule has 0 aliphatic carbocycles. The molecule has 1 aromatic rings. The highest BCUT2D eigenvalue weighted by molar-refractivity contribution is 5.54. The Bertz CT molecular complexity index is 400. The molecule has 0 amide bonds. The molecule has 0 spiro atoms. The van der Waals surface area contributed by atoms with Crippen molar-refractivity contribution in [2.75, 3.05) is 20.3 Å². The summed E-state index contributed by atoms with van der Waals surface area (Å²) in [6, 6.07) is 5.38. The van der Waals surface area contributed by atoms with Crippen LogP contribution in [0.1, 0.15) is 24.1 Å². The Hall–Kier alpha value is -1.59. The first-order chi connectivity index (χ1) is 8.31. The van der Waals surface area contributed by atoms with Crippen LogP contribution in [0.3, 0.4) is 0 Å². The minimum absolute atomic E-state index is 0.0881. The van der Waals surface area contributed by atoms with Crippen LogP contribution in [0.25, 0.3) is 5.76 Å². The van der Waals surface area contributed by atoms with Gasteiger partial charge in [-0.25, -0.2) is 4.98 Å². The first kappa shape index (κ1) is 11.9. The number of aliphatic hydroxyl groups excluding tert-OH is 1. The maximum atomic E-state index is 9.70. The van der Waals surface area contributed by atoms with Crippen molar-refractivity contribution in [3.63, 3.8) is 0 Å². The fraction of sp³-hybridized carbons (Fsp3) is 0.417. The van der Waals surface area contributed by atoms with Crippen LogP contribution in [0.4, 0.5) is 0 Å². The van der Waals surface area contributed by atoms with Gasteiger partial charge in [-0.3, -0.25) is 0 Å². The minimum atomic E-state index is -0.425. The van der Waals surface area contributed by atoms with Crippen LogP contribution in [0.2, 0.25) is 0 Å². The van der Waals surface area contributed by atoms with Gasteiger partial charge in [0.25, 0.3) is 0 Å². The number of pyridine rings is 1. The van der Waals surface area contributed by atoms with Crippen LogP contribution in [0.5, 0.6) is 0 Å². The van der Waals surface area contributed by atoms with Gasteiger partial charge in [0.1, 0.15) is 5.69 Å². The molecular formula is C12H16N2O3. The first-order valence-corrected chi connectivity index (χ1v) is 5.58. The van der Waals surface area contributed by atoms with Crippen LogP contribution in [0.15, 0.2) is 24.4 Å². The molecule has 92 valence electrons. The van der Waals surface area contributed by atoms with E-state index in [1.807, 2.05) is 12.1 Å². The van der Waals surface area contributed by atoms with Gasteiger partial charge in [-0.15, -0.1) is 0 Å². The Morgan fingerprint density at radius 3 is 2.94 bits per heavy atom. The fourth-order valence-corrected chi connectivity index (χ4v) is 1.59. The topological polar surface area (TPSA) is 63.6 Å². The van der Waals surface area contributed by atoms with Gasteiger partial charge in [0.2, 0.25) is 6.29 Å². The zero-order valence-electron chi connectivity index (χ0n) is 9.72. The summed E-state index contributed by atoms with van der Waals surface area (Å²) in [5, 5.41) is 12.4. The molecule has 0 saturated carbocycles. The smallest absolute Gasteiger partial charge is 0.201 e. The average Bonchev–Trinajstić information content (AvgIpc) is 2.40. The standard InChI is InChI=1S/C12H16N2O3/c1-13-8-11(15)9-4-2-5-10(14-9)12-16-6-3-7-17-12/h2,4-5,8,12-13,15H,3,6-7H2,1H3/b11-8-. The SMILES string of the molecule is CN/C=C(\O)c1cccc(C2OCCCO2)n1. The lowest BCUT2D eigenvalue weighted by Gasteiger charge is -2.22. The predicted molar refractivity (Wildman–Crippen MR) is 63.2 cm³/mol. The second-order valence-electron chi connectivity index (χ2n) is 3.69. The second kappa shape index (κ2) is 5.65. The Labute approximate surface area is 100 Å². The number of hydrogen-bond acceptors (Lipinski definition) is 5. The molecule has 2 N–H and O–H groups in total. The van der Waals surface area contributed by atoms with Gasteiger partial charge < -0.3 is 19.9 Å². The van der Waals surface area contributed by atoms with E-state index < -0.39 is 6.29 Å². The molecule has 0 radical (unpaired) electrons. The van der Waals surface area contributed by atoms with Gasteiger partial charge >= 0.3 is 0 Å². The zero-order valence-corrected chi connectivity index (χ0v) is 9.72. The third-order valence-electron chi connectivity index (χ3n) is 2.38. The molecule has 2 heterocycles. The normalized spacial score (nSPS) is 18.1. The number of nitrogens with zero attached hydrogens (tertiary/aromatic N) is 1. The molecule has 1 aliphatic heterocycles.